The standard InChI is InChI=1S/C6HBrF4S/c7-1-2(8)3(9)4(10)5(11)6(1)12/h12H. The molecule has 0 aromatic heterocycles. The van der Waals surface area contributed by atoms with Gasteiger partial charge in [0.25, 0.3) is 0 Å². The van der Waals surface area contributed by atoms with Gasteiger partial charge >= 0.3 is 0 Å². The molecule has 0 fully saturated rings. The Labute approximate surface area is 79.1 Å². The molecule has 12 heavy (non-hydrogen) atoms. The van der Waals surface area contributed by atoms with Crippen molar-refractivity contribution in [1.82, 2.24) is 0 Å². The van der Waals surface area contributed by atoms with Gasteiger partial charge in [-0.05, 0) is 15.9 Å². The lowest BCUT2D eigenvalue weighted by atomic mass is 10.3. The van der Waals surface area contributed by atoms with E-state index in [4.69, 9.17) is 0 Å². The number of hydrogen-bond acceptors (Lipinski definition) is 1. The fourth-order valence-corrected chi connectivity index (χ4v) is 1.14. The Bertz CT molecular complexity index is 234. The highest BCUT2D eigenvalue weighted by atomic mass is 79.9. The molecule has 1 aromatic rings. The van der Waals surface area contributed by atoms with Crippen molar-refractivity contribution >= 4 is 28.6 Å². The van der Waals surface area contributed by atoms with E-state index in [0.717, 1.165) is 0 Å². The minimum Gasteiger partial charge on any atom is -0.202 e. The van der Waals surface area contributed by atoms with Crippen LogP contribution in [0.15, 0.2) is 9.37 Å². The molecule has 0 spiro atoms. The molecule has 1 aromatic carbocycles. The van der Waals surface area contributed by atoms with Gasteiger partial charge in [0, 0.05) is 0 Å². The molecule has 0 aliphatic heterocycles. The molecule has 0 aliphatic rings. The van der Waals surface area contributed by atoms with Crippen LogP contribution in [0.2, 0.25) is 0 Å². The van der Waals surface area contributed by atoms with Crippen LogP contribution >= 0.6 is 28.6 Å². The Morgan fingerprint density at radius 2 is 1.25 bits per heavy atom. The molecule has 0 nitrogen and oxygen atoms in total. The summed E-state index contributed by atoms with van der Waals surface area (Å²) < 4.78 is 49.3. The van der Waals surface area contributed by atoms with Crippen molar-refractivity contribution in [2.45, 2.75) is 4.90 Å². The molecule has 0 aliphatic carbocycles. The quantitative estimate of drug-likeness (QED) is 0.315. The summed E-state index contributed by atoms with van der Waals surface area (Å²) in [6, 6.07) is 0. The molecule has 0 radical (unpaired) electrons. The van der Waals surface area contributed by atoms with Gasteiger partial charge in [0.05, 0.1) is 9.37 Å². The number of hydrogen-bond donors (Lipinski definition) is 1. The second-order valence-electron chi connectivity index (χ2n) is 1.92. The van der Waals surface area contributed by atoms with E-state index in [1.54, 1.807) is 0 Å². The minimum absolute atomic E-state index is 0.526. The second-order valence-corrected chi connectivity index (χ2v) is 3.16. The highest BCUT2D eigenvalue weighted by molar-refractivity contribution is 9.10. The van der Waals surface area contributed by atoms with Crippen LogP contribution in [0.4, 0.5) is 17.6 Å². The third-order valence-corrected chi connectivity index (χ3v) is 2.66. The lowest BCUT2D eigenvalue weighted by Crippen LogP contribution is -1.98. The Balaban J connectivity index is 3.60. The molecule has 0 bridgehead atoms. The van der Waals surface area contributed by atoms with Gasteiger partial charge in [0.1, 0.15) is 0 Å². The largest absolute Gasteiger partial charge is 0.202 e. The topological polar surface area (TPSA) is 0 Å². The van der Waals surface area contributed by atoms with Gasteiger partial charge in [-0.25, -0.2) is 17.6 Å². The first-order valence-corrected chi connectivity index (χ1v) is 3.91. The Morgan fingerprint density at radius 3 is 1.75 bits per heavy atom. The van der Waals surface area contributed by atoms with Crippen molar-refractivity contribution in [1.29, 1.82) is 0 Å². The van der Waals surface area contributed by atoms with Gasteiger partial charge in [-0.1, -0.05) is 0 Å². The summed E-state index contributed by atoms with van der Waals surface area (Å²) in [6.07, 6.45) is 0. The Hall–Kier alpha value is -0.230. The smallest absolute Gasteiger partial charge is 0.198 e. The highest BCUT2D eigenvalue weighted by Crippen LogP contribution is 2.30. The number of halogens is 5. The van der Waals surface area contributed by atoms with E-state index in [2.05, 4.69) is 28.6 Å². The van der Waals surface area contributed by atoms with Gasteiger partial charge < -0.3 is 0 Å². The maximum atomic E-state index is 12.6. The lowest BCUT2D eigenvalue weighted by Gasteiger charge is -2.02. The summed E-state index contributed by atoms with van der Waals surface area (Å²) in [4.78, 5) is -0.591. The van der Waals surface area contributed by atoms with Gasteiger partial charge in [-0.2, -0.15) is 0 Å². The SMILES string of the molecule is Fc1c(F)c(F)c(Br)c(S)c1F. The van der Waals surface area contributed by atoms with Crippen LogP contribution in [0.5, 0.6) is 0 Å². The van der Waals surface area contributed by atoms with Crippen molar-refractivity contribution in [3.8, 4) is 0 Å². The molecule has 66 valence electrons. The van der Waals surface area contributed by atoms with Crippen molar-refractivity contribution in [2.75, 3.05) is 0 Å². The van der Waals surface area contributed by atoms with Crippen molar-refractivity contribution < 1.29 is 17.6 Å². The molecular formula is C6HBrF4S. The minimum atomic E-state index is -1.86. The van der Waals surface area contributed by atoms with E-state index in [1.165, 1.54) is 0 Å². The predicted octanol–water partition coefficient (Wildman–Crippen LogP) is 3.29. The van der Waals surface area contributed by atoms with Gasteiger partial charge in [0.15, 0.2) is 23.3 Å². The molecule has 0 saturated heterocycles. The molecule has 1 rings (SSSR count). The van der Waals surface area contributed by atoms with E-state index in [9.17, 15) is 17.6 Å². The monoisotopic (exact) mass is 260 g/mol. The number of rotatable bonds is 0. The zero-order valence-electron chi connectivity index (χ0n) is 5.34. The van der Waals surface area contributed by atoms with Crippen LogP contribution in [0.25, 0.3) is 0 Å². The predicted molar refractivity (Wildman–Crippen MR) is 41.2 cm³/mol. The first kappa shape index (κ1) is 9.85. The Morgan fingerprint density at radius 1 is 0.833 bits per heavy atom. The fraction of sp³-hybridized carbons (Fsp3) is 0. The maximum absolute atomic E-state index is 12.6. The summed E-state index contributed by atoms with van der Waals surface area (Å²) in [6.45, 7) is 0. The maximum Gasteiger partial charge on any atom is 0.198 e. The third kappa shape index (κ3) is 1.33. The van der Waals surface area contributed by atoms with E-state index < -0.39 is 32.6 Å². The van der Waals surface area contributed by atoms with Gasteiger partial charge in [-0.15, -0.1) is 12.6 Å². The molecule has 6 heteroatoms. The van der Waals surface area contributed by atoms with Crippen LogP contribution in [-0.4, -0.2) is 0 Å². The zero-order valence-corrected chi connectivity index (χ0v) is 7.82. The van der Waals surface area contributed by atoms with Gasteiger partial charge in [-0.3, -0.25) is 0 Å². The highest BCUT2D eigenvalue weighted by Gasteiger charge is 2.21. The van der Waals surface area contributed by atoms with Crippen molar-refractivity contribution in [3.63, 3.8) is 0 Å². The van der Waals surface area contributed by atoms with Crippen LogP contribution in [0.1, 0.15) is 0 Å². The van der Waals surface area contributed by atoms with Crippen molar-refractivity contribution in [3.05, 3.63) is 27.7 Å². The second kappa shape index (κ2) is 3.26. The third-order valence-electron chi connectivity index (χ3n) is 1.19. The molecule has 0 unspecified atom stereocenters. The molecule has 0 N–H and O–H groups in total. The Kier molecular flexibility index (Phi) is 2.67. The van der Waals surface area contributed by atoms with E-state index in [0.29, 0.717) is 0 Å². The first-order chi connectivity index (χ1) is 5.46. The van der Waals surface area contributed by atoms with Crippen LogP contribution in [0.3, 0.4) is 0 Å². The summed E-state index contributed by atoms with van der Waals surface area (Å²) in [5.74, 6) is -6.71. The normalized spacial score (nSPS) is 10.5. The van der Waals surface area contributed by atoms with Crippen LogP contribution < -0.4 is 0 Å². The lowest BCUT2D eigenvalue weighted by molar-refractivity contribution is 0.395. The average molecular weight is 261 g/mol. The first-order valence-electron chi connectivity index (χ1n) is 2.67. The number of benzene rings is 1. The summed E-state index contributed by atoms with van der Waals surface area (Å²) in [5, 5.41) is 0. The molecule has 0 amide bonds. The molecule has 0 saturated carbocycles. The van der Waals surface area contributed by atoms with E-state index in [-0.39, 0.29) is 0 Å². The summed E-state index contributed by atoms with van der Waals surface area (Å²) in [5.41, 5.74) is 0. The summed E-state index contributed by atoms with van der Waals surface area (Å²) >= 11 is 5.95. The van der Waals surface area contributed by atoms with Crippen molar-refractivity contribution in [2.24, 2.45) is 0 Å². The van der Waals surface area contributed by atoms with E-state index in [1.807, 2.05) is 0 Å². The average Bonchev–Trinajstić information content (AvgIpc) is 2.08. The zero-order chi connectivity index (χ0) is 9.46. The summed E-state index contributed by atoms with van der Waals surface area (Å²) in [7, 11) is 0. The van der Waals surface area contributed by atoms with Crippen LogP contribution in [-0.2, 0) is 0 Å². The van der Waals surface area contributed by atoms with Crippen LogP contribution in [0, 0.1) is 23.3 Å². The molecular weight excluding hydrogens is 260 g/mol. The van der Waals surface area contributed by atoms with Gasteiger partial charge in [0.2, 0.25) is 0 Å². The fourth-order valence-electron chi connectivity index (χ4n) is 0.593. The number of thiol groups is 1. The van der Waals surface area contributed by atoms with E-state index >= 15 is 0 Å². The molecule has 0 heterocycles. The molecule has 0 atom stereocenters.